The predicted octanol–water partition coefficient (Wildman–Crippen LogP) is 4.46. The van der Waals surface area contributed by atoms with Gasteiger partial charge in [-0.15, -0.1) is 24.9 Å². The number of amides is 2. The van der Waals surface area contributed by atoms with E-state index in [9.17, 15) is 19.5 Å². The van der Waals surface area contributed by atoms with E-state index in [1.807, 2.05) is 13.8 Å². The van der Waals surface area contributed by atoms with Crippen LogP contribution in [0.1, 0.15) is 26.7 Å². The number of alkyl halides is 1. The van der Waals surface area contributed by atoms with Crippen LogP contribution in [0.2, 0.25) is 5.02 Å². The molecule has 3 aliphatic heterocycles. The Morgan fingerprint density at radius 3 is 2.58 bits per heavy atom. The number of hydrogen-bond donors (Lipinski definition) is 1. The van der Waals surface area contributed by atoms with Crippen LogP contribution >= 0.6 is 39.3 Å². The summed E-state index contributed by atoms with van der Waals surface area (Å²) in [5.74, 6) is -2.49. The number of aliphatic hydroxyl groups excluding tert-OH is 1. The SMILES string of the molecule is C=CCCOC(=O)[C@H]1[C@@H]2SC3(CC2Br)C(C(=O)N(CC=C)c2ccc(Cl)cc2)N([C@@H](CO)C(C)C)C(=O)[C@H]13. The minimum absolute atomic E-state index is 0.0706. The lowest BCUT2D eigenvalue weighted by Gasteiger charge is -2.40. The molecule has 7 nitrogen and oxygen atoms in total. The second-order valence-corrected chi connectivity index (χ2v) is 13.5. The molecule has 0 aliphatic carbocycles. The molecule has 0 aromatic heterocycles. The molecule has 3 fully saturated rings. The molecular formula is C28H34BrClN2O5S. The van der Waals surface area contributed by atoms with Crippen LogP contribution in [-0.4, -0.2) is 74.5 Å². The van der Waals surface area contributed by atoms with Gasteiger partial charge in [0.2, 0.25) is 5.91 Å². The number of rotatable bonds is 11. The van der Waals surface area contributed by atoms with Crippen LogP contribution < -0.4 is 4.90 Å². The van der Waals surface area contributed by atoms with E-state index >= 15 is 0 Å². The molecule has 1 aromatic carbocycles. The van der Waals surface area contributed by atoms with Gasteiger partial charge in [-0.3, -0.25) is 14.4 Å². The first kappa shape index (κ1) is 29.2. The van der Waals surface area contributed by atoms with Gasteiger partial charge >= 0.3 is 5.97 Å². The van der Waals surface area contributed by atoms with Crippen molar-refractivity contribution in [1.82, 2.24) is 4.90 Å². The number of fused-ring (bicyclic) bond motifs is 1. The van der Waals surface area contributed by atoms with Gasteiger partial charge in [0.25, 0.3) is 5.91 Å². The lowest BCUT2D eigenvalue weighted by Crippen LogP contribution is -2.59. The van der Waals surface area contributed by atoms with Crippen molar-refractivity contribution in [2.24, 2.45) is 17.8 Å². The summed E-state index contributed by atoms with van der Waals surface area (Å²) in [5.41, 5.74) is 0.630. The third-order valence-electron chi connectivity index (χ3n) is 7.83. The Morgan fingerprint density at radius 2 is 2.00 bits per heavy atom. The van der Waals surface area contributed by atoms with Crippen molar-refractivity contribution in [3.63, 3.8) is 0 Å². The molecule has 1 N–H and O–H groups in total. The maximum Gasteiger partial charge on any atom is 0.310 e. The standard InChI is InChI=1S/C28H34BrClN2O5S/c1-5-7-13-37-27(36)21-22-25(34)32(20(15-33)16(3)4)24(28(22)14-19(29)23(21)38-28)26(35)31(12-6-2)18-10-8-17(30)9-11-18/h5-6,8-11,16,19-24,33H,1-2,7,12-15H2,3-4H3/t19?,20-,21+,22-,23+,24?,28?/m0/s1. The second-order valence-electron chi connectivity index (χ2n) is 10.4. The molecule has 3 unspecified atom stereocenters. The first-order chi connectivity index (χ1) is 18.1. The summed E-state index contributed by atoms with van der Waals surface area (Å²) in [6.45, 7) is 11.5. The molecule has 2 amide bonds. The summed E-state index contributed by atoms with van der Waals surface area (Å²) in [6.07, 6.45) is 4.37. The first-order valence-electron chi connectivity index (χ1n) is 12.8. The summed E-state index contributed by atoms with van der Waals surface area (Å²) in [7, 11) is 0. The average Bonchev–Trinajstić information content (AvgIpc) is 3.47. The zero-order chi connectivity index (χ0) is 27.8. The third-order valence-corrected chi connectivity index (χ3v) is 11.3. The van der Waals surface area contributed by atoms with Gasteiger partial charge in [0, 0.05) is 27.3 Å². The lowest BCUT2D eigenvalue weighted by molar-refractivity contribution is -0.154. The largest absolute Gasteiger partial charge is 0.465 e. The fourth-order valence-electron chi connectivity index (χ4n) is 6.15. The molecule has 38 heavy (non-hydrogen) atoms. The second kappa shape index (κ2) is 11.7. The summed E-state index contributed by atoms with van der Waals surface area (Å²) < 4.78 is 4.72. The first-order valence-corrected chi connectivity index (χ1v) is 15.0. The molecule has 4 rings (SSSR count). The van der Waals surface area contributed by atoms with Crippen molar-refractivity contribution in [2.45, 2.75) is 53.6 Å². The van der Waals surface area contributed by atoms with Crippen molar-refractivity contribution in [3.8, 4) is 0 Å². The molecule has 10 heteroatoms. The van der Waals surface area contributed by atoms with E-state index < -0.39 is 34.6 Å². The number of carbonyl (C=O) groups excluding carboxylic acids is 3. The molecule has 3 aliphatic rings. The van der Waals surface area contributed by atoms with E-state index in [-0.39, 0.29) is 47.6 Å². The number of carbonyl (C=O) groups is 3. The van der Waals surface area contributed by atoms with Gasteiger partial charge in [-0.05, 0) is 43.0 Å². The molecule has 3 saturated heterocycles. The van der Waals surface area contributed by atoms with Crippen molar-refractivity contribution in [3.05, 3.63) is 54.6 Å². The molecule has 1 spiro atoms. The van der Waals surface area contributed by atoms with Crippen LogP contribution in [0.5, 0.6) is 0 Å². The van der Waals surface area contributed by atoms with Crippen LogP contribution in [0, 0.1) is 17.8 Å². The number of hydrogen-bond acceptors (Lipinski definition) is 6. The Kier molecular flexibility index (Phi) is 9.02. The monoisotopic (exact) mass is 624 g/mol. The number of anilines is 1. The van der Waals surface area contributed by atoms with Gasteiger partial charge in [0.15, 0.2) is 0 Å². The minimum Gasteiger partial charge on any atom is -0.465 e. The number of nitrogens with zero attached hydrogens (tertiary/aromatic N) is 2. The van der Waals surface area contributed by atoms with Gasteiger partial charge in [-0.2, -0.15) is 0 Å². The normalized spacial score (nSPS) is 30.3. The zero-order valence-corrected chi connectivity index (χ0v) is 24.8. The van der Waals surface area contributed by atoms with Crippen LogP contribution in [0.25, 0.3) is 0 Å². The Balaban J connectivity index is 1.81. The topological polar surface area (TPSA) is 87.2 Å². The van der Waals surface area contributed by atoms with Crippen molar-refractivity contribution >= 4 is 62.8 Å². The van der Waals surface area contributed by atoms with Crippen molar-refractivity contribution in [2.75, 3.05) is 24.7 Å². The number of likely N-dealkylation sites (tertiary alicyclic amines) is 1. The fourth-order valence-corrected chi connectivity index (χ4v) is 9.86. The van der Waals surface area contributed by atoms with Crippen molar-refractivity contribution in [1.29, 1.82) is 0 Å². The molecule has 7 atom stereocenters. The molecular weight excluding hydrogens is 592 g/mol. The highest BCUT2D eigenvalue weighted by Gasteiger charge is 2.76. The summed E-state index contributed by atoms with van der Waals surface area (Å²) in [4.78, 5) is 45.3. The number of benzene rings is 1. The predicted molar refractivity (Wildman–Crippen MR) is 155 cm³/mol. The third kappa shape index (κ3) is 4.84. The highest BCUT2D eigenvalue weighted by molar-refractivity contribution is 9.09. The van der Waals surface area contributed by atoms with E-state index in [2.05, 4.69) is 29.1 Å². The summed E-state index contributed by atoms with van der Waals surface area (Å²) in [6, 6.07) is 5.48. The van der Waals surface area contributed by atoms with Crippen molar-refractivity contribution < 1.29 is 24.2 Å². The zero-order valence-electron chi connectivity index (χ0n) is 21.6. The minimum atomic E-state index is -0.879. The Bertz CT molecular complexity index is 1100. The Morgan fingerprint density at radius 1 is 1.32 bits per heavy atom. The molecule has 0 saturated carbocycles. The van der Waals surface area contributed by atoms with Crippen LogP contribution in [0.4, 0.5) is 5.69 Å². The molecule has 206 valence electrons. The summed E-state index contributed by atoms with van der Waals surface area (Å²) >= 11 is 11.4. The van der Waals surface area contributed by atoms with E-state index in [4.69, 9.17) is 16.3 Å². The van der Waals surface area contributed by atoms with Gasteiger partial charge in [-0.1, -0.05) is 53.5 Å². The highest BCUT2D eigenvalue weighted by Crippen LogP contribution is 2.68. The number of halogens is 2. The van der Waals surface area contributed by atoms with Crippen LogP contribution in [-0.2, 0) is 19.1 Å². The maximum absolute atomic E-state index is 14.6. The van der Waals surface area contributed by atoms with E-state index in [1.54, 1.807) is 58.0 Å². The quantitative estimate of drug-likeness (QED) is 0.169. The molecule has 1 aromatic rings. The van der Waals surface area contributed by atoms with Crippen LogP contribution in [0.3, 0.4) is 0 Å². The van der Waals surface area contributed by atoms with E-state index in [1.165, 1.54) is 0 Å². The highest BCUT2D eigenvalue weighted by atomic mass is 79.9. The lowest BCUT2D eigenvalue weighted by atomic mass is 9.71. The Labute approximate surface area is 241 Å². The van der Waals surface area contributed by atoms with Gasteiger partial charge in [0.05, 0.1) is 35.8 Å². The average molecular weight is 626 g/mol. The van der Waals surface area contributed by atoms with Gasteiger partial charge in [0.1, 0.15) is 6.04 Å². The maximum atomic E-state index is 14.6. The van der Waals surface area contributed by atoms with Gasteiger partial charge < -0.3 is 19.6 Å². The van der Waals surface area contributed by atoms with Crippen LogP contribution in [0.15, 0.2) is 49.6 Å². The molecule has 3 heterocycles. The van der Waals surface area contributed by atoms with E-state index in [0.717, 1.165) is 0 Å². The number of esters is 1. The molecule has 0 radical (unpaired) electrons. The van der Waals surface area contributed by atoms with Gasteiger partial charge in [-0.25, -0.2) is 0 Å². The van der Waals surface area contributed by atoms with E-state index in [0.29, 0.717) is 23.6 Å². The Hall–Kier alpha value is -1.81. The smallest absolute Gasteiger partial charge is 0.310 e. The number of aliphatic hydroxyl groups is 1. The summed E-state index contributed by atoms with van der Waals surface area (Å²) in [5, 5.41) is 10.7. The fraction of sp³-hybridized carbons (Fsp3) is 0.536. The number of ether oxygens (including phenoxy) is 1. The molecule has 2 bridgehead atoms. The number of thioether (sulfide) groups is 1.